The highest BCUT2D eigenvalue weighted by Gasteiger charge is 2.28. The van der Waals surface area contributed by atoms with Gasteiger partial charge >= 0.3 is 6.03 Å². The first-order chi connectivity index (χ1) is 15.9. The summed E-state index contributed by atoms with van der Waals surface area (Å²) in [6.07, 6.45) is 2.81. The molecule has 0 bridgehead atoms. The number of hydrogen-bond acceptors (Lipinski definition) is 7. The Morgan fingerprint density at radius 2 is 1.82 bits per heavy atom. The van der Waals surface area contributed by atoms with Gasteiger partial charge in [0, 0.05) is 45.5 Å². The number of nitrogens with zero attached hydrogens (tertiary/aromatic N) is 3. The molecule has 0 atom stereocenters. The van der Waals surface area contributed by atoms with E-state index in [0.717, 1.165) is 18.3 Å². The van der Waals surface area contributed by atoms with E-state index in [1.165, 1.54) is 28.2 Å². The molecule has 1 aromatic heterocycles. The highest BCUT2D eigenvalue weighted by molar-refractivity contribution is 7.99. The molecule has 0 unspecified atom stereocenters. The highest BCUT2D eigenvalue weighted by atomic mass is 32.2. The maximum Gasteiger partial charge on any atom is 0.321 e. The van der Waals surface area contributed by atoms with Crippen molar-refractivity contribution in [2.45, 2.75) is 16.5 Å². The molecule has 0 aliphatic carbocycles. The third kappa shape index (κ3) is 7.39. The van der Waals surface area contributed by atoms with E-state index in [1.54, 1.807) is 6.07 Å². The van der Waals surface area contributed by atoms with Gasteiger partial charge in [-0.15, -0.1) is 6.58 Å². The number of imide groups is 1. The topological polar surface area (TPSA) is 112 Å². The molecular formula is C22H27N5O4S2. The van der Waals surface area contributed by atoms with Crippen molar-refractivity contribution in [3.05, 3.63) is 66.9 Å². The summed E-state index contributed by atoms with van der Waals surface area (Å²) < 4.78 is 27.4. The van der Waals surface area contributed by atoms with Crippen molar-refractivity contribution < 1.29 is 18.0 Å². The second-order valence-electron chi connectivity index (χ2n) is 7.33. The number of amides is 3. The maximum atomic E-state index is 13.0. The van der Waals surface area contributed by atoms with Gasteiger partial charge in [0.2, 0.25) is 15.9 Å². The Hall–Kier alpha value is -2.73. The lowest BCUT2D eigenvalue weighted by atomic mass is 10.2. The van der Waals surface area contributed by atoms with Crippen LogP contribution in [-0.4, -0.2) is 73.0 Å². The molecule has 1 saturated heterocycles. The van der Waals surface area contributed by atoms with Crippen molar-refractivity contribution in [2.75, 3.05) is 38.5 Å². The van der Waals surface area contributed by atoms with Gasteiger partial charge in [-0.25, -0.2) is 18.2 Å². The summed E-state index contributed by atoms with van der Waals surface area (Å²) in [7, 11) is -3.64. The number of hydrogen-bond donors (Lipinski definition) is 2. The van der Waals surface area contributed by atoms with Crippen LogP contribution in [0.4, 0.5) is 4.79 Å². The van der Waals surface area contributed by atoms with Gasteiger partial charge in [-0.2, -0.15) is 4.31 Å². The SMILES string of the molecule is C=CCNC(=O)NC(=O)CSc1ccc(S(=O)(=O)N2CCN(Cc3ccccc3)CC2)cn1. The van der Waals surface area contributed by atoms with E-state index in [2.05, 4.69) is 39.2 Å². The number of thioether (sulfide) groups is 1. The van der Waals surface area contributed by atoms with Crippen LogP contribution in [0, 0.1) is 0 Å². The van der Waals surface area contributed by atoms with E-state index in [4.69, 9.17) is 0 Å². The smallest absolute Gasteiger partial charge is 0.321 e. The van der Waals surface area contributed by atoms with Gasteiger partial charge in [0.15, 0.2) is 0 Å². The standard InChI is InChI=1S/C22H27N5O4S2/c1-2-10-23-22(29)25-20(28)17-32-21-9-8-19(15-24-21)33(30,31)27-13-11-26(12-14-27)16-18-6-4-3-5-7-18/h2-9,15H,1,10-14,16-17H2,(H2,23,25,28,29). The highest BCUT2D eigenvalue weighted by Crippen LogP contribution is 2.21. The Labute approximate surface area is 198 Å². The zero-order valence-electron chi connectivity index (χ0n) is 18.1. The molecule has 1 aliphatic heterocycles. The average molecular weight is 490 g/mol. The fourth-order valence-electron chi connectivity index (χ4n) is 3.23. The van der Waals surface area contributed by atoms with Crippen molar-refractivity contribution >= 4 is 33.7 Å². The predicted molar refractivity (Wildman–Crippen MR) is 127 cm³/mol. The summed E-state index contributed by atoms with van der Waals surface area (Å²) >= 11 is 1.11. The van der Waals surface area contributed by atoms with Crippen molar-refractivity contribution in [1.82, 2.24) is 24.8 Å². The van der Waals surface area contributed by atoms with Crippen molar-refractivity contribution in [3.63, 3.8) is 0 Å². The fraction of sp³-hybridized carbons (Fsp3) is 0.318. The van der Waals surface area contributed by atoms with E-state index < -0.39 is 22.0 Å². The van der Waals surface area contributed by atoms with Crippen LogP contribution >= 0.6 is 11.8 Å². The Bertz CT molecular complexity index is 1050. The van der Waals surface area contributed by atoms with E-state index in [1.807, 2.05) is 18.2 Å². The van der Waals surface area contributed by atoms with Crippen LogP contribution in [0.25, 0.3) is 0 Å². The number of carbonyl (C=O) groups is 2. The lowest BCUT2D eigenvalue weighted by molar-refractivity contribution is -0.117. The van der Waals surface area contributed by atoms with Gasteiger partial charge in [-0.1, -0.05) is 48.2 Å². The summed E-state index contributed by atoms with van der Waals surface area (Å²) in [5.74, 6) is -0.502. The normalized spacial score (nSPS) is 15.0. The van der Waals surface area contributed by atoms with Crippen molar-refractivity contribution in [3.8, 4) is 0 Å². The summed E-state index contributed by atoms with van der Waals surface area (Å²) in [5, 5.41) is 5.12. The van der Waals surface area contributed by atoms with Crippen LogP contribution in [0.2, 0.25) is 0 Å². The fourth-order valence-corrected chi connectivity index (χ4v) is 5.25. The number of sulfonamides is 1. The molecule has 2 heterocycles. The summed E-state index contributed by atoms with van der Waals surface area (Å²) in [5.41, 5.74) is 1.21. The average Bonchev–Trinajstić information content (AvgIpc) is 2.83. The molecule has 2 N–H and O–H groups in total. The van der Waals surface area contributed by atoms with Crippen molar-refractivity contribution in [1.29, 1.82) is 0 Å². The largest absolute Gasteiger partial charge is 0.334 e. The minimum atomic E-state index is -3.64. The lowest BCUT2D eigenvalue weighted by Gasteiger charge is -2.33. The van der Waals surface area contributed by atoms with Gasteiger partial charge < -0.3 is 5.32 Å². The molecule has 33 heavy (non-hydrogen) atoms. The molecule has 0 saturated carbocycles. The molecule has 1 aromatic carbocycles. The number of aromatic nitrogens is 1. The van der Waals surface area contributed by atoms with Crippen LogP contribution in [0.5, 0.6) is 0 Å². The second-order valence-corrected chi connectivity index (χ2v) is 10.3. The molecule has 1 fully saturated rings. The zero-order chi connectivity index (χ0) is 23.7. The third-order valence-electron chi connectivity index (χ3n) is 4.94. The molecule has 1 aliphatic rings. The molecule has 3 rings (SSSR count). The Morgan fingerprint density at radius 1 is 1.09 bits per heavy atom. The molecule has 11 heteroatoms. The summed E-state index contributed by atoms with van der Waals surface area (Å²) in [4.78, 5) is 29.8. The number of urea groups is 1. The first kappa shape index (κ1) is 24.9. The monoisotopic (exact) mass is 489 g/mol. The van der Waals surface area contributed by atoms with E-state index in [9.17, 15) is 18.0 Å². The van der Waals surface area contributed by atoms with Crippen LogP contribution in [0.3, 0.4) is 0 Å². The number of piperazine rings is 1. The van der Waals surface area contributed by atoms with Crippen LogP contribution in [0.15, 0.2) is 71.2 Å². The number of carbonyl (C=O) groups excluding carboxylic acids is 2. The summed E-state index contributed by atoms with van der Waals surface area (Å²) in [6.45, 7) is 6.67. The first-order valence-corrected chi connectivity index (χ1v) is 12.8. The van der Waals surface area contributed by atoms with Gasteiger partial charge in [-0.3, -0.25) is 15.0 Å². The van der Waals surface area contributed by atoms with Crippen LogP contribution in [0.1, 0.15) is 5.56 Å². The maximum absolute atomic E-state index is 13.0. The number of nitrogens with one attached hydrogen (secondary N) is 2. The van der Waals surface area contributed by atoms with E-state index in [0.29, 0.717) is 31.2 Å². The van der Waals surface area contributed by atoms with Gasteiger partial charge in [0.25, 0.3) is 0 Å². The number of benzene rings is 1. The molecular weight excluding hydrogens is 462 g/mol. The molecule has 0 spiro atoms. The van der Waals surface area contributed by atoms with Crippen LogP contribution in [-0.2, 0) is 21.4 Å². The zero-order valence-corrected chi connectivity index (χ0v) is 19.8. The molecule has 9 nitrogen and oxygen atoms in total. The molecule has 2 aromatic rings. The minimum Gasteiger partial charge on any atom is -0.334 e. The quantitative estimate of drug-likeness (QED) is 0.407. The minimum absolute atomic E-state index is 0.0238. The van der Waals surface area contributed by atoms with Crippen LogP contribution < -0.4 is 10.6 Å². The summed E-state index contributed by atoms with van der Waals surface area (Å²) in [6, 6.07) is 12.6. The predicted octanol–water partition coefficient (Wildman–Crippen LogP) is 1.69. The van der Waals surface area contributed by atoms with E-state index in [-0.39, 0.29) is 17.2 Å². The van der Waals surface area contributed by atoms with Gasteiger partial charge in [0.1, 0.15) is 4.90 Å². The molecule has 176 valence electrons. The Morgan fingerprint density at radius 3 is 2.45 bits per heavy atom. The molecule has 3 amide bonds. The first-order valence-electron chi connectivity index (χ1n) is 10.4. The number of rotatable bonds is 9. The number of pyridine rings is 1. The lowest BCUT2D eigenvalue weighted by Crippen LogP contribution is -2.48. The van der Waals surface area contributed by atoms with Crippen molar-refractivity contribution in [2.24, 2.45) is 0 Å². The third-order valence-corrected chi connectivity index (χ3v) is 7.76. The van der Waals surface area contributed by atoms with Gasteiger partial charge in [0.05, 0.1) is 10.8 Å². The molecule has 0 radical (unpaired) electrons. The Balaban J connectivity index is 1.49. The van der Waals surface area contributed by atoms with Gasteiger partial charge in [-0.05, 0) is 17.7 Å². The van der Waals surface area contributed by atoms with E-state index >= 15 is 0 Å². The second kappa shape index (κ2) is 11.9. The Kier molecular flexibility index (Phi) is 9.01.